The fourth-order valence-electron chi connectivity index (χ4n) is 2.48. The Hall–Kier alpha value is -2.46. The minimum absolute atomic E-state index is 0.219. The number of hydrogen-bond donors (Lipinski definition) is 1. The molecule has 1 N–H and O–H groups in total. The second-order valence-corrected chi connectivity index (χ2v) is 5.69. The van der Waals surface area contributed by atoms with Crippen LogP contribution in [0.1, 0.15) is 38.8 Å². The van der Waals surface area contributed by atoms with Crippen molar-refractivity contribution in [2.24, 2.45) is 0 Å². The molecule has 0 radical (unpaired) electrons. The molecule has 1 aliphatic rings. The zero-order chi connectivity index (χ0) is 15.9. The first-order valence-corrected chi connectivity index (χ1v) is 7.20. The third-order valence-electron chi connectivity index (χ3n) is 3.57. The molecule has 4 nitrogen and oxygen atoms in total. The van der Waals surface area contributed by atoms with Gasteiger partial charge in [0.15, 0.2) is 11.6 Å². The van der Waals surface area contributed by atoms with Crippen LogP contribution in [0.15, 0.2) is 42.5 Å². The number of benzene rings is 2. The van der Waals surface area contributed by atoms with E-state index in [9.17, 15) is 14.4 Å². The largest absolute Gasteiger partial charge is 0.324 e. The van der Waals surface area contributed by atoms with Gasteiger partial charge in [-0.05, 0) is 13.0 Å². The standard InChI is InChI=1S/C17H12ClNO3/c1-9(18)17(22)19-13-8-4-7-12-14(13)16(21)11-6-3-2-5-10(11)15(12)20/h2-9H,1H3,(H,19,22)/t9-/m0/s1. The molecule has 1 atom stereocenters. The summed E-state index contributed by atoms with van der Waals surface area (Å²) < 4.78 is 0. The molecular formula is C17H12ClNO3. The van der Waals surface area contributed by atoms with E-state index in [0.29, 0.717) is 22.4 Å². The third kappa shape index (κ3) is 2.22. The highest BCUT2D eigenvalue weighted by Crippen LogP contribution is 2.31. The first-order valence-electron chi connectivity index (χ1n) is 6.77. The number of rotatable bonds is 2. The van der Waals surface area contributed by atoms with Gasteiger partial charge < -0.3 is 5.32 Å². The van der Waals surface area contributed by atoms with E-state index in [1.54, 1.807) is 42.5 Å². The topological polar surface area (TPSA) is 63.2 Å². The highest BCUT2D eigenvalue weighted by molar-refractivity contribution is 6.34. The molecule has 0 aromatic heterocycles. The molecule has 0 saturated heterocycles. The average Bonchev–Trinajstić information content (AvgIpc) is 2.52. The number of fused-ring (bicyclic) bond motifs is 2. The van der Waals surface area contributed by atoms with E-state index in [0.717, 1.165) is 0 Å². The van der Waals surface area contributed by atoms with Gasteiger partial charge in [-0.25, -0.2) is 0 Å². The number of amides is 1. The number of nitrogens with one attached hydrogen (secondary N) is 1. The van der Waals surface area contributed by atoms with Gasteiger partial charge in [0, 0.05) is 16.7 Å². The van der Waals surface area contributed by atoms with E-state index in [2.05, 4.69) is 5.32 Å². The average molecular weight is 314 g/mol. The molecule has 1 aliphatic carbocycles. The predicted octanol–water partition coefficient (Wildman–Crippen LogP) is 3.03. The van der Waals surface area contributed by atoms with Crippen molar-refractivity contribution in [1.29, 1.82) is 0 Å². The summed E-state index contributed by atoms with van der Waals surface area (Å²) in [7, 11) is 0. The van der Waals surface area contributed by atoms with Crippen molar-refractivity contribution in [2.45, 2.75) is 12.3 Å². The van der Waals surface area contributed by atoms with Crippen molar-refractivity contribution in [1.82, 2.24) is 0 Å². The molecule has 2 aromatic rings. The summed E-state index contributed by atoms with van der Waals surface area (Å²) >= 11 is 5.74. The molecule has 0 aliphatic heterocycles. The lowest BCUT2D eigenvalue weighted by Crippen LogP contribution is -2.26. The van der Waals surface area contributed by atoms with Crippen molar-refractivity contribution < 1.29 is 14.4 Å². The van der Waals surface area contributed by atoms with E-state index in [1.807, 2.05) is 0 Å². The highest BCUT2D eigenvalue weighted by Gasteiger charge is 2.31. The van der Waals surface area contributed by atoms with E-state index in [-0.39, 0.29) is 17.1 Å². The highest BCUT2D eigenvalue weighted by atomic mass is 35.5. The summed E-state index contributed by atoms with van der Waals surface area (Å²) in [6, 6.07) is 11.5. The molecule has 0 fully saturated rings. The fourth-order valence-corrected chi connectivity index (χ4v) is 2.54. The van der Waals surface area contributed by atoms with Crippen molar-refractivity contribution in [2.75, 3.05) is 5.32 Å². The van der Waals surface area contributed by atoms with Crippen LogP contribution in [0.25, 0.3) is 0 Å². The van der Waals surface area contributed by atoms with Crippen LogP contribution in [0.3, 0.4) is 0 Å². The Balaban J connectivity index is 2.15. The van der Waals surface area contributed by atoms with E-state index in [1.165, 1.54) is 6.92 Å². The van der Waals surface area contributed by atoms with Gasteiger partial charge in [0.1, 0.15) is 5.38 Å². The Morgan fingerprint density at radius 1 is 0.955 bits per heavy atom. The first kappa shape index (κ1) is 14.5. The maximum atomic E-state index is 12.7. The SMILES string of the molecule is C[C@H](Cl)C(=O)Nc1cccc2c1C(=O)c1ccccc1C2=O. The molecule has 0 spiro atoms. The summed E-state index contributed by atoms with van der Waals surface area (Å²) in [4.78, 5) is 37.0. The van der Waals surface area contributed by atoms with Gasteiger partial charge >= 0.3 is 0 Å². The van der Waals surface area contributed by atoms with Crippen LogP contribution >= 0.6 is 11.6 Å². The quantitative estimate of drug-likeness (QED) is 0.740. The first-order chi connectivity index (χ1) is 10.5. The summed E-state index contributed by atoms with van der Waals surface area (Å²) in [5, 5.41) is 1.87. The summed E-state index contributed by atoms with van der Waals surface area (Å²) in [6.07, 6.45) is 0. The van der Waals surface area contributed by atoms with Gasteiger partial charge in [0.25, 0.3) is 0 Å². The van der Waals surface area contributed by atoms with E-state index < -0.39 is 11.3 Å². The van der Waals surface area contributed by atoms with Crippen LogP contribution < -0.4 is 5.32 Å². The summed E-state index contributed by atoms with van der Waals surface area (Å²) in [5.74, 6) is -0.919. The number of halogens is 1. The van der Waals surface area contributed by atoms with Crippen molar-refractivity contribution in [3.63, 3.8) is 0 Å². The normalized spacial score (nSPS) is 14.1. The molecular weight excluding hydrogens is 302 g/mol. The van der Waals surface area contributed by atoms with Crippen molar-refractivity contribution in [3.8, 4) is 0 Å². The van der Waals surface area contributed by atoms with Crippen LogP contribution in [0.2, 0.25) is 0 Å². The van der Waals surface area contributed by atoms with Gasteiger partial charge in [0.2, 0.25) is 5.91 Å². The molecule has 5 heteroatoms. The molecule has 22 heavy (non-hydrogen) atoms. The second-order valence-electron chi connectivity index (χ2n) is 5.04. The van der Waals surface area contributed by atoms with Gasteiger partial charge in [0.05, 0.1) is 11.3 Å². The number of ketones is 2. The summed E-state index contributed by atoms with van der Waals surface area (Å²) in [6.45, 7) is 1.54. The smallest absolute Gasteiger partial charge is 0.242 e. The molecule has 0 saturated carbocycles. The maximum Gasteiger partial charge on any atom is 0.242 e. The molecule has 0 bridgehead atoms. The van der Waals surface area contributed by atoms with Gasteiger partial charge in [-0.2, -0.15) is 0 Å². The minimum atomic E-state index is -0.738. The maximum absolute atomic E-state index is 12.7. The molecule has 2 aromatic carbocycles. The van der Waals surface area contributed by atoms with Crippen LogP contribution in [0.5, 0.6) is 0 Å². The fraction of sp³-hybridized carbons (Fsp3) is 0.118. The third-order valence-corrected chi connectivity index (χ3v) is 3.77. The summed E-state index contributed by atoms with van der Waals surface area (Å²) in [5.41, 5.74) is 1.55. The number of carbonyl (C=O) groups excluding carboxylic acids is 3. The lowest BCUT2D eigenvalue weighted by molar-refractivity contribution is -0.115. The van der Waals surface area contributed by atoms with Gasteiger partial charge in [-0.15, -0.1) is 11.6 Å². The number of anilines is 1. The molecule has 3 rings (SSSR count). The predicted molar refractivity (Wildman–Crippen MR) is 83.7 cm³/mol. The Bertz CT molecular complexity index is 811. The lowest BCUT2D eigenvalue weighted by Gasteiger charge is -2.20. The Morgan fingerprint density at radius 2 is 1.55 bits per heavy atom. The van der Waals surface area contributed by atoms with E-state index in [4.69, 9.17) is 11.6 Å². The van der Waals surface area contributed by atoms with Crippen LogP contribution in [-0.4, -0.2) is 22.9 Å². The number of carbonyl (C=O) groups is 3. The zero-order valence-corrected chi connectivity index (χ0v) is 12.5. The number of alkyl halides is 1. The Kier molecular flexibility index (Phi) is 3.54. The molecule has 0 heterocycles. The van der Waals surface area contributed by atoms with E-state index >= 15 is 0 Å². The van der Waals surface area contributed by atoms with Crippen LogP contribution in [0, 0.1) is 0 Å². The van der Waals surface area contributed by atoms with Crippen LogP contribution in [-0.2, 0) is 4.79 Å². The zero-order valence-electron chi connectivity index (χ0n) is 11.7. The van der Waals surface area contributed by atoms with Crippen molar-refractivity contribution in [3.05, 3.63) is 64.7 Å². The Labute approximate surface area is 132 Å². The minimum Gasteiger partial charge on any atom is -0.324 e. The van der Waals surface area contributed by atoms with Crippen molar-refractivity contribution >= 4 is 34.8 Å². The molecule has 0 unspecified atom stereocenters. The molecule has 110 valence electrons. The van der Waals surface area contributed by atoms with Gasteiger partial charge in [-0.1, -0.05) is 36.4 Å². The number of hydrogen-bond acceptors (Lipinski definition) is 3. The monoisotopic (exact) mass is 313 g/mol. The second kappa shape index (κ2) is 5.39. The lowest BCUT2D eigenvalue weighted by atomic mass is 9.83. The Morgan fingerprint density at radius 3 is 2.18 bits per heavy atom. The molecule has 1 amide bonds. The van der Waals surface area contributed by atoms with Gasteiger partial charge in [-0.3, -0.25) is 14.4 Å². The van der Waals surface area contributed by atoms with Crippen LogP contribution in [0.4, 0.5) is 5.69 Å².